The highest BCUT2D eigenvalue weighted by Crippen LogP contribution is 2.34. The average Bonchev–Trinajstić information content (AvgIpc) is 2.92. The van der Waals surface area contributed by atoms with Crippen molar-refractivity contribution in [1.82, 2.24) is 9.62 Å². The molecule has 3 aromatic carbocycles. The lowest BCUT2D eigenvalue weighted by molar-refractivity contribution is -0.126. The van der Waals surface area contributed by atoms with Crippen LogP contribution >= 0.6 is 0 Å². The molecule has 0 spiro atoms. The Bertz CT molecular complexity index is 1220. The van der Waals surface area contributed by atoms with Crippen molar-refractivity contribution in [2.75, 3.05) is 6.54 Å². The van der Waals surface area contributed by atoms with Crippen LogP contribution < -0.4 is 5.32 Å². The SMILES string of the molecule is Cc1ccc(CNC(=O)[C@H]2CC[C@H](CN([C@@H](C)c3ccccc3)S(=O)(=O)c3ccccc3)CC2)cc1. The number of nitrogens with one attached hydrogen (secondary N) is 1. The summed E-state index contributed by atoms with van der Waals surface area (Å²) in [6.07, 6.45) is 3.24. The zero-order valence-corrected chi connectivity index (χ0v) is 22.0. The standard InChI is InChI=1S/C30H36N2O3S/c1-23-13-15-25(16-14-23)21-31-30(33)28-19-17-26(18-20-28)22-32(24(2)27-9-5-3-6-10-27)36(34,35)29-11-7-4-8-12-29/h3-16,24,26,28H,17-22H2,1-2H3,(H,31,33)/t24-,26-,28-/m0/s1. The second-order valence-electron chi connectivity index (χ2n) is 9.90. The van der Waals surface area contributed by atoms with Crippen LogP contribution in [0.15, 0.2) is 89.8 Å². The molecule has 0 saturated heterocycles. The first-order valence-electron chi connectivity index (χ1n) is 12.8. The molecule has 3 aromatic rings. The maximum absolute atomic E-state index is 13.7. The van der Waals surface area contributed by atoms with E-state index in [2.05, 4.69) is 17.4 Å². The largest absolute Gasteiger partial charge is 0.352 e. The van der Waals surface area contributed by atoms with Crippen molar-refractivity contribution >= 4 is 15.9 Å². The summed E-state index contributed by atoms with van der Waals surface area (Å²) in [5.41, 5.74) is 3.27. The molecular formula is C30H36N2O3S. The number of carbonyl (C=O) groups excluding carboxylic acids is 1. The van der Waals surface area contributed by atoms with Crippen molar-refractivity contribution in [1.29, 1.82) is 0 Å². The van der Waals surface area contributed by atoms with Gasteiger partial charge in [-0.1, -0.05) is 78.4 Å². The summed E-state index contributed by atoms with van der Waals surface area (Å²) in [6, 6.07) is 26.4. The van der Waals surface area contributed by atoms with Gasteiger partial charge in [0.2, 0.25) is 15.9 Å². The summed E-state index contributed by atoms with van der Waals surface area (Å²) in [7, 11) is -3.67. The first-order valence-corrected chi connectivity index (χ1v) is 14.2. The van der Waals surface area contributed by atoms with Gasteiger partial charge in [-0.05, 0) is 68.7 Å². The molecule has 0 aromatic heterocycles. The molecular weight excluding hydrogens is 468 g/mol. The number of nitrogens with zero attached hydrogens (tertiary/aromatic N) is 1. The maximum atomic E-state index is 13.7. The quantitative estimate of drug-likeness (QED) is 0.396. The second kappa shape index (κ2) is 11.8. The van der Waals surface area contributed by atoms with Crippen LogP contribution in [0.3, 0.4) is 0 Å². The number of aryl methyl sites for hydroxylation is 1. The minimum atomic E-state index is -3.67. The van der Waals surface area contributed by atoms with Crippen LogP contribution in [0.2, 0.25) is 0 Å². The molecule has 0 aliphatic heterocycles. The fourth-order valence-electron chi connectivity index (χ4n) is 4.99. The van der Waals surface area contributed by atoms with E-state index in [1.165, 1.54) is 5.56 Å². The van der Waals surface area contributed by atoms with E-state index in [1.807, 2.05) is 62.4 Å². The predicted octanol–water partition coefficient (Wildman–Crippen LogP) is 5.87. The Labute approximate surface area is 215 Å². The van der Waals surface area contributed by atoms with E-state index in [1.54, 1.807) is 28.6 Å². The van der Waals surface area contributed by atoms with E-state index in [-0.39, 0.29) is 23.8 Å². The molecule has 5 nitrogen and oxygen atoms in total. The molecule has 0 radical (unpaired) electrons. The summed E-state index contributed by atoms with van der Waals surface area (Å²) in [6.45, 7) is 5.00. The Morgan fingerprint density at radius 2 is 1.47 bits per heavy atom. The van der Waals surface area contributed by atoms with Gasteiger partial charge in [-0.25, -0.2) is 8.42 Å². The zero-order chi connectivity index (χ0) is 25.5. The second-order valence-corrected chi connectivity index (χ2v) is 11.8. The van der Waals surface area contributed by atoms with E-state index in [9.17, 15) is 13.2 Å². The molecule has 1 N–H and O–H groups in total. The summed E-state index contributed by atoms with van der Waals surface area (Å²) >= 11 is 0. The lowest BCUT2D eigenvalue weighted by Gasteiger charge is -2.35. The van der Waals surface area contributed by atoms with Gasteiger partial charge in [-0.2, -0.15) is 4.31 Å². The molecule has 4 rings (SSSR count). The molecule has 1 fully saturated rings. The Morgan fingerprint density at radius 1 is 0.889 bits per heavy atom. The van der Waals surface area contributed by atoms with Crippen molar-refractivity contribution in [3.8, 4) is 0 Å². The van der Waals surface area contributed by atoms with Gasteiger partial charge in [0.1, 0.15) is 0 Å². The molecule has 36 heavy (non-hydrogen) atoms. The lowest BCUT2D eigenvalue weighted by atomic mass is 9.81. The number of hydrogen-bond donors (Lipinski definition) is 1. The number of benzene rings is 3. The van der Waals surface area contributed by atoms with Crippen LogP contribution in [0.1, 0.15) is 55.3 Å². The highest BCUT2D eigenvalue weighted by Gasteiger charge is 2.34. The number of rotatable bonds is 9. The van der Waals surface area contributed by atoms with E-state index < -0.39 is 10.0 Å². The van der Waals surface area contributed by atoms with Crippen molar-refractivity contribution in [2.45, 2.75) is 57.0 Å². The third kappa shape index (κ3) is 6.42. The number of carbonyl (C=O) groups is 1. The molecule has 1 aliphatic carbocycles. The first-order chi connectivity index (χ1) is 17.3. The average molecular weight is 505 g/mol. The van der Waals surface area contributed by atoms with Crippen molar-refractivity contribution in [2.24, 2.45) is 11.8 Å². The van der Waals surface area contributed by atoms with Crippen LogP contribution in [-0.2, 0) is 21.4 Å². The fraction of sp³-hybridized carbons (Fsp3) is 0.367. The molecule has 1 aliphatic rings. The van der Waals surface area contributed by atoms with Gasteiger partial charge in [0, 0.05) is 25.0 Å². The Morgan fingerprint density at radius 3 is 2.08 bits per heavy atom. The first kappa shape index (κ1) is 26.1. The highest BCUT2D eigenvalue weighted by atomic mass is 32.2. The highest BCUT2D eigenvalue weighted by molar-refractivity contribution is 7.89. The topological polar surface area (TPSA) is 66.5 Å². The van der Waals surface area contributed by atoms with Crippen LogP contribution in [0.5, 0.6) is 0 Å². The molecule has 0 unspecified atom stereocenters. The molecule has 1 amide bonds. The van der Waals surface area contributed by atoms with Gasteiger partial charge in [-0.15, -0.1) is 0 Å². The minimum absolute atomic E-state index is 0.0163. The monoisotopic (exact) mass is 504 g/mol. The third-order valence-electron chi connectivity index (χ3n) is 7.31. The fourth-order valence-corrected chi connectivity index (χ4v) is 6.71. The molecule has 0 bridgehead atoms. The smallest absolute Gasteiger partial charge is 0.243 e. The summed E-state index contributed by atoms with van der Waals surface area (Å²) < 4.78 is 29.0. The van der Waals surface area contributed by atoms with Crippen molar-refractivity contribution < 1.29 is 13.2 Å². The summed E-state index contributed by atoms with van der Waals surface area (Å²) in [4.78, 5) is 13.1. The molecule has 190 valence electrons. The van der Waals surface area contributed by atoms with E-state index >= 15 is 0 Å². The lowest BCUT2D eigenvalue weighted by Crippen LogP contribution is -2.39. The van der Waals surface area contributed by atoms with Gasteiger partial charge in [0.25, 0.3) is 0 Å². The third-order valence-corrected chi connectivity index (χ3v) is 9.26. The van der Waals surface area contributed by atoms with Gasteiger partial charge < -0.3 is 5.32 Å². The van der Waals surface area contributed by atoms with Crippen molar-refractivity contribution in [3.05, 3.63) is 102 Å². The van der Waals surface area contributed by atoms with Gasteiger partial charge in [0.15, 0.2) is 0 Å². The number of hydrogen-bond acceptors (Lipinski definition) is 3. The molecule has 6 heteroatoms. The van der Waals surface area contributed by atoms with Crippen LogP contribution in [0.25, 0.3) is 0 Å². The zero-order valence-electron chi connectivity index (χ0n) is 21.1. The van der Waals surface area contributed by atoms with E-state index in [0.29, 0.717) is 18.0 Å². The normalized spacial score (nSPS) is 19.1. The van der Waals surface area contributed by atoms with Gasteiger partial charge in [0.05, 0.1) is 4.90 Å². The van der Waals surface area contributed by atoms with Crippen LogP contribution in [0, 0.1) is 18.8 Å². The number of amides is 1. The van der Waals surface area contributed by atoms with Crippen molar-refractivity contribution in [3.63, 3.8) is 0 Å². The summed E-state index contributed by atoms with van der Waals surface area (Å²) in [5.74, 6) is 0.300. The molecule has 0 heterocycles. The Balaban J connectivity index is 1.40. The molecule has 1 saturated carbocycles. The maximum Gasteiger partial charge on any atom is 0.243 e. The summed E-state index contributed by atoms with van der Waals surface area (Å²) in [5, 5.41) is 3.08. The molecule has 1 atom stereocenters. The van der Waals surface area contributed by atoms with Crippen LogP contribution in [-0.4, -0.2) is 25.2 Å². The Kier molecular flexibility index (Phi) is 8.60. The van der Waals surface area contributed by atoms with E-state index in [4.69, 9.17) is 0 Å². The predicted molar refractivity (Wildman–Crippen MR) is 144 cm³/mol. The Hall–Kier alpha value is -2.96. The van der Waals surface area contributed by atoms with E-state index in [0.717, 1.165) is 36.8 Å². The van der Waals surface area contributed by atoms with Gasteiger partial charge >= 0.3 is 0 Å². The van der Waals surface area contributed by atoms with Gasteiger partial charge in [-0.3, -0.25) is 4.79 Å². The number of sulfonamides is 1. The minimum Gasteiger partial charge on any atom is -0.352 e. The van der Waals surface area contributed by atoms with Crippen LogP contribution in [0.4, 0.5) is 0 Å².